The lowest BCUT2D eigenvalue weighted by molar-refractivity contribution is -0.116. The average Bonchev–Trinajstić information content (AvgIpc) is 2.54. The summed E-state index contributed by atoms with van der Waals surface area (Å²) in [6.45, 7) is 1.87. The molecule has 0 aliphatic carbocycles. The molecule has 0 aliphatic rings. The summed E-state index contributed by atoms with van der Waals surface area (Å²) in [5.74, 6) is -0.161. The van der Waals surface area contributed by atoms with Gasteiger partial charge in [-0.2, -0.15) is 0 Å². The fraction of sp³-hybridized carbons (Fsp3) is 0.188. The van der Waals surface area contributed by atoms with E-state index in [0.29, 0.717) is 23.1 Å². The van der Waals surface area contributed by atoms with Crippen molar-refractivity contribution in [1.29, 1.82) is 0 Å². The molecule has 0 spiro atoms. The van der Waals surface area contributed by atoms with Crippen LogP contribution in [0.5, 0.6) is 5.75 Å². The van der Waals surface area contributed by atoms with Gasteiger partial charge in [0.2, 0.25) is 5.91 Å². The Labute approximate surface area is 145 Å². The Morgan fingerprint density at radius 2 is 1.71 bits per heavy atom. The zero-order valence-electron chi connectivity index (χ0n) is 13.0. The van der Waals surface area contributed by atoms with Crippen molar-refractivity contribution in [2.24, 2.45) is 5.73 Å². The molecule has 0 saturated heterocycles. The van der Waals surface area contributed by atoms with Gasteiger partial charge in [-0.05, 0) is 55.5 Å². The summed E-state index contributed by atoms with van der Waals surface area (Å²) in [5, 5.41) is 0.413. The van der Waals surface area contributed by atoms with Gasteiger partial charge in [0.05, 0.1) is 17.2 Å². The second kappa shape index (κ2) is 7.55. The van der Waals surface area contributed by atoms with Gasteiger partial charge < -0.3 is 10.5 Å². The van der Waals surface area contributed by atoms with Crippen LogP contribution in [0.4, 0.5) is 5.69 Å². The van der Waals surface area contributed by atoms with Gasteiger partial charge in [-0.25, -0.2) is 8.42 Å². The third-order valence-electron chi connectivity index (χ3n) is 3.14. The van der Waals surface area contributed by atoms with Crippen LogP contribution in [0, 0.1) is 0 Å². The number of nitrogens with two attached hydrogens (primary N) is 1. The largest absolute Gasteiger partial charge is 0.494 e. The van der Waals surface area contributed by atoms with E-state index in [9.17, 15) is 13.2 Å². The minimum atomic E-state index is -3.96. The predicted molar refractivity (Wildman–Crippen MR) is 92.8 cm³/mol. The highest BCUT2D eigenvalue weighted by Gasteiger charge is 2.26. The van der Waals surface area contributed by atoms with Gasteiger partial charge in [-0.1, -0.05) is 11.6 Å². The van der Waals surface area contributed by atoms with E-state index in [1.807, 2.05) is 6.92 Å². The molecule has 0 fully saturated rings. The monoisotopic (exact) mass is 368 g/mol. The quantitative estimate of drug-likeness (QED) is 0.812. The molecule has 0 aliphatic heterocycles. The molecular formula is C16H17ClN2O4S. The van der Waals surface area contributed by atoms with E-state index in [4.69, 9.17) is 22.1 Å². The predicted octanol–water partition coefficient (Wildman–Crippen LogP) is 2.42. The Bertz CT molecular complexity index is 805. The summed E-state index contributed by atoms with van der Waals surface area (Å²) in [6, 6.07) is 12.1. The van der Waals surface area contributed by atoms with Crippen molar-refractivity contribution in [3.8, 4) is 5.75 Å². The number of nitrogens with zero attached hydrogens (tertiary/aromatic N) is 1. The number of carbonyl (C=O) groups excluding carboxylic acids is 1. The molecule has 0 heterocycles. The number of carbonyl (C=O) groups is 1. The lowest BCUT2D eigenvalue weighted by Crippen LogP contribution is -2.38. The van der Waals surface area contributed by atoms with Gasteiger partial charge in [-0.3, -0.25) is 9.10 Å². The lowest BCUT2D eigenvalue weighted by atomic mass is 10.3. The summed E-state index contributed by atoms with van der Waals surface area (Å²) >= 11 is 5.79. The number of rotatable bonds is 7. The number of halogens is 1. The lowest BCUT2D eigenvalue weighted by Gasteiger charge is -2.23. The van der Waals surface area contributed by atoms with E-state index in [-0.39, 0.29) is 4.90 Å². The maximum Gasteiger partial charge on any atom is 0.264 e. The first-order valence-corrected chi connectivity index (χ1v) is 8.96. The number of hydrogen-bond acceptors (Lipinski definition) is 4. The molecule has 2 N–H and O–H groups in total. The van der Waals surface area contributed by atoms with E-state index in [2.05, 4.69) is 0 Å². The molecule has 0 atom stereocenters. The number of benzene rings is 2. The molecule has 1 amide bonds. The summed E-state index contributed by atoms with van der Waals surface area (Å²) in [5.41, 5.74) is 5.53. The summed E-state index contributed by atoms with van der Waals surface area (Å²) < 4.78 is 32.0. The number of ether oxygens (including phenoxy) is 1. The van der Waals surface area contributed by atoms with Crippen LogP contribution in [-0.4, -0.2) is 27.5 Å². The summed E-state index contributed by atoms with van der Waals surface area (Å²) in [7, 11) is -3.96. The highest BCUT2D eigenvalue weighted by molar-refractivity contribution is 7.92. The van der Waals surface area contributed by atoms with Gasteiger partial charge in [0.1, 0.15) is 12.3 Å². The normalized spacial score (nSPS) is 11.1. The standard InChI is InChI=1S/C16H17ClN2O4S/c1-2-23-14-7-5-13(6-8-14)19(11-16(18)20)24(21,22)15-9-3-12(17)4-10-15/h3-10H,2,11H2,1H3,(H2,18,20). The van der Waals surface area contributed by atoms with E-state index >= 15 is 0 Å². The molecule has 2 rings (SSSR count). The maximum atomic E-state index is 12.8. The third kappa shape index (κ3) is 4.18. The SMILES string of the molecule is CCOc1ccc(N(CC(N)=O)S(=O)(=O)c2ccc(Cl)cc2)cc1. The molecule has 24 heavy (non-hydrogen) atoms. The highest BCUT2D eigenvalue weighted by atomic mass is 35.5. The van der Waals surface area contributed by atoms with Crippen LogP contribution < -0.4 is 14.8 Å². The minimum absolute atomic E-state index is 0.0158. The van der Waals surface area contributed by atoms with Crippen molar-refractivity contribution in [3.05, 3.63) is 53.6 Å². The Morgan fingerprint density at radius 1 is 1.12 bits per heavy atom. The zero-order chi connectivity index (χ0) is 17.7. The van der Waals surface area contributed by atoms with Crippen LogP contribution in [-0.2, 0) is 14.8 Å². The van der Waals surface area contributed by atoms with Gasteiger partial charge in [-0.15, -0.1) is 0 Å². The van der Waals surface area contributed by atoms with Crippen molar-refractivity contribution in [2.45, 2.75) is 11.8 Å². The molecule has 2 aromatic rings. The van der Waals surface area contributed by atoms with Crippen LogP contribution in [0.1, 0.15) is 6.92 Å². The molecule has 2 aromatic carbocycles. The first-order valence-electron chi connectivity index (χ1n) is 7.14. The summed E-state index contributed by atoms with van der Waals surface area (Å²) in [6.07, 6.45) is 0. The van der Waals surface area contributed by atoms with E-state index in [1.165, 1.54) is 24.3 Å². The van der Waals surface area contributed by atoms with Gasteiger partial charge >= 0.3 is 0 Å². The number of hydrogen-bond donors (Lipinski definition) is 1. The van der Waals surface area contributed by atoms with Crippen molar-refractivity contribution in [1.82, 2.24) is 0 Å². The number of amides is 1. The fourth-order valence-corrected chi connectivity index (χ4v) is 3.62. The molecule has 128 valence electrons. The molecule has 8 heteroatoms. The van der Waals surface area contributed by atoms with Gasteiger partial charge in [0.25, 0.3) is 10.0 Å². The smallest absolute Gasteiger partial charge is 0.264 e. The minimum Gasteiger partial charge on any atom is -0.494 e. The Morgan fingerprint density at radius 3 is 2.21 bits per heavy atom. The van der Waals surface area contributed by atoms with Gasteiger partial charge in [0, 0.05) is 5.02 Å². The molecule has 0 aromatic heterocycles. The van der Waals surface area contributed by atoms with Crippen molar-refractivity contribution in [3.63, 3.8) is 0 Å². The Hall–Kier alpha value is -2.25. The number of anilines is 1. The zero-order valence-corrected chi connectivity index (χ0v) is 14.5. The van der Waals surface area contributed by atoms with Crippen molar-refractivity contribution < 1.29 is 17.9 Å². The molecule has 0 radical (unpaired) electrons. The van der Waals surface area contributed by atoms with E-state index < -0.39 is 22.5 Å². The molecule has 6 nitrogen and oxygen atoms in total. The van der Waals surface area contributed by atoms with Crippen molar-refractivity contribution in [2.75, 3.05) is 17.5 Å². The second-order valence-corrected chi connectivity index (χ2v) is 7.16. The van der Waals surface area contributed by atoms with E-state index in [0.717, 1.165) is 4.31 Å². The van der Waals surface area contributed by atoms with E-state index in [1.54, 1.807) is 24.3 Å². The average molecular weight is 369 g/mol. The van der Waals surface area contributed by atoms with Crippen LogP contribution in [0.2, 0.25) is 5.02 Å². The topological polar surface area (TPSA) is 89.7 Å². The Kier molecular flexibility index (Phi) is 5.69. The summed E-state index contributed by atoms with van der Waals surface area (Å²) in [4.78, 5) is 11.4. The van der Waals surface area contributed by atoms with Crippen LogP contribution in [0.3, 0.4) is 0 Å². The first-order chi connectivity index (χ1) is 11.3. The van der Waals surface area contributed by atoms with Gasteiger partial charge in [0.15, 0.2) is 0 Å². The maximum absolute atomic E-state index is 12.8. The first kappa shape index (κ1) is 18.1. The molecule has 0 bridgehead atoms. The van der Waals surface area contributed by atoms with Crippen LogP contribution in [0.25, 0.3) is 0 Å². The van der Waals surface area contributed by atoms with Crippen LogP contribution in [0.15, 0.2) is 53.4 Å². The number of primary amides is 1. The Balaban J connectivity index is 2.43. The van der Waals surface area contributed by atoms with Crippen molar-refractivity contribution >= 4 is 33.2 Å². The third-order valence-corrected chi connectivity index (χ3v) is 5.18. The fourth-order valence-electron chi connectivity index (χ4n) is 2.07. The number of sulfonamides is 1. The molecular weight excluding hydrogens is 352 g/mol. The molecule has 0 unspecified atom stereocenters. The second-order valence-electron chi connectivity index (χ2n) is 4.86. The van der Waals surface area contributed by atoms with Crippen LogP contribution >= 0.6 is 11.6 Å². The molecule has 0 saturated carbocycles. The highest BCUT2D eigenvalue weighted by Crippen LogP contribution is 2.26.